The Balaban J connectivity index is 1.78. The SMILES string of the molecule is O=C1CN(C2CCS(=O)CC2)C(=O)C2(CCCCC2)N1. The second-order valence-corrected chi connectivity index (χ2v) is 7.90. The zero-order chi connectivity index (χ0) is 14.2. The van der Waals surface area contributed by atoms with Crippen LogP contribution >= 0.6 is 0 Å². The molecule has 2 amide bonds. The number of carbonyl (C=O) groups is 2. The highest BCUT2D eigenvalue weighted by atomic mass is 32.2. The summed E-state index contributed by atoms with van der Waals surface area (Å²) in [5.41, 5.74) is -0.635. The van der Waals surface area contributed by atoms with Crippen LogP contribution in [0.4, 0.5) is 0 Å². The quantitative estimate of drug-likeness (QED) is 0.769. The van der Waals surface area contributed by atoms with Gasteiger partial charge in [0.2, 0.25) is 11.8 Å². The number of amides is 2. The first-order chi connectivity index (χ1) is 9.61. The van der Waals surface area contributed by atoms with E-state index in [9.17, 15) is 13.8 Å². The van der Waals surface area contributed by atoms with Crippen LogP contribution < -0.4 is 5.32 Å². The van der Waals surface area contributed by atoms with Gasteiger partial charge in [-0.25, -0.2) is 0 Å². The van der Waals surface area contributed by atoms with E-state index in [1.54, 1.807) is 4.90 Å². The lowest BCUT2D eigenvalue weighted by atomic mass is 9.79. The Kier molecular flexibility index (Phi) is 3.84. The van der Waals surface area contributed by atoms with Crippen molar-refractivity contribution in [1.29, 1.82) is 0 Å². The van der Waals surface area contributed by atoms with E-state index in [4.69, 9.17) is 0 Å². The van der Waals surface area contributed by atoms with Crippen LogP contribution in [0.3, 0.4) is 0 Å². The highest BCUT2D eigenvalue weighted by molar-refractivity contribution is 7.85. The molecule has 1 N–H and O–H groups in total. The Labute approximate surface area is 121 Å². The number of carbonyl (C=O) groups excluding carboxylic acids is 2. The Morgan fingerprint density at radius 1 is 1.10 bits per heavy atom. The van der Waals surface area contributed by atoms with E-state index < -0.39 is 16.3 Å². The van der Waals surface area contributed by atoms with Gasteiger partial charge in [0.25, 0.3) is 0 Å². The predicted octanol–water partition coefficient (Wildman–Crippen LogP) is 0.559. The number of hydrogen-bond donors (Lipinski definition) is 1. The molecule has 0 bridgehead atoms. The number of piperazine rings is 1. The van der Waals surface area contributed by atoms with Crippen molar-refractivity contribution < 1.29 is 13.8 Å². The highest BCUT2D eigenvalue weighted by Crippen LogP contribution is 2.33. The fourth-order valence-corrected chi connectivity index (χ4v) is 5.02. The second kappa shape index (κ2) is 5.47. The van der Waals surface area contributed by atoms with Crippen molar-refractivity contribution >= 4 is 22.6 Å². The normalized spacial score (nSPS) is 34.1. The molecule has 3 rings (SSSR count). The summed E-state index contributed by atoms with van der Waals surface area (Å²) in [6.07, 6.45) is 6.24. The average molecular weight is 298 g/mol. The molecule has 3 aliphatic rings. The van der Waals surface area contributed by atoms with Gasteiger partial charge in [0, 0.05) is 28.3 Å². The Bertz CT molecular complexity index is 436. The van der Waals surface area contributed by atoms with Crippen LogP contribution in [0.5, 0.6) is 0 Å². The van der Waals surface area contributed by atoms with Gasteiger partial charge in [-0.05, 0) is 25.7 Å². The molecule has 2 saturated heterocycles. The molecular formula is C14H22N2O3S. The van der Waals surface area contributed by atoms with Crippen molar-refractivity contribution in [3.63, 3.8) is 0 Å². The van der Waals surface area contributed by atoms with E-state index in [1.807, 2.05) is 0 Å². The van der Waals surface area contributed by atoms with E-state index >= 15 is 0 Å². The smallest absolute Gasteiger partial charge is 0.249 e. The van der Waals surface area contributed by atoms with Gasteiger partial charge in [-0.2, -0.15) is 0 Å². The molecule has 3 fully saturated rings. The van der Waals surface area contributed by atoms with Crippen LogP contribution in [0.2, 0.25) is 0 Å². The first kappa shape index (κ1) is 14.0. The van der Waals surface area contributed by atoms with Gasteiger partial charge in [-0.1, -0.05) is 19.3 Å². The van der Waals surface area contributed by atoms with E-state index in [2.05, 4.69) is 5.32 Å². The molecule has 0 aromatic rings. The van der Waals surface area contributed by atoms with Crippen LogP contribution in [0, 0.1) is 0 Å². The average Bonchev–Trinajstić information content (AvgIpc) is 2.45. The van der Waals surface area contributed by atoms with Gasteiger partial charge in [-0.3, -0.25) is 13.8 Å². The fourth-order valence-electron chi connectivity index (χ4n) is 3.74. The number of rotatable bonds is 1. The molecule has 20 heavy (non-hydrogen) atoms. The van der Waals surface area contributed by atoms with Crippen LogP contribution in [-0.4, -0.2) is 50.6 Å². The maximum atomic E-state index is 12.9. The minimum atomic E-state index is -0.737. The van der Waals surface area contributed by atoms with E-state index in [-0.39, 0.29) is 24.4 Å². The Morgan fingerprint density at radius 3 is 2.40 bits per heavy atom. The van der Waals surface area contributed by atoms with E-state index in [0.717, 1.165) is 44.9 Å². The van der Waals surface area contributed by atoms with Crippen LogP contribution in [-0.2, 0) is 20.4 Å². The first-order valence-corrected chi connectivity index (χ1v) is 9.07. The third-order valence-corrected chi connectivity index (χ3v) is 6.25. The van der Waals surface area contributed by atoms with Gasteiger partial charge in [-0.15, -0.1) is 0 Å². The summed E-state index contributed by atoms with van der Waals surface area (Å²) in [5.74, 6) is 1.39. The van der Waals surface area contributed by atoms with Crippen LogP contribution in [0.15, 0.2) is 0 Å². The van der Waals surface area contributed by atoms with Crippen molar-refractivity contribution in [1.82, 2.24) is 10.2 Å². The molecule has 6 heteroatoms. The molecule has 1 aliphatic carbocycles. The molecule has 1 spiro atoms. The van der Waals surface area contributed by atoms with Crippen molar-refractivity contribution in [2.24, 2.45) is 0 Å². The van der Waals surface area contributed by atoms with Gasteiger partial charge < -0.3 is 10.2 Å². The maximum absolute atomic E-state index is 12.9. The molecule has 2 aliphatic heterocycles. The topological polar surface area (TPSA) is 66.5 Å². The minimum Gasteiger partial charge on any atom is -0.340 e. The predicted molar refractivity (Wildman–Crippen MR) is 76.6 cm³/mol. The fraction of sp³-hybridized carbons (Fsp3) is 0.857. The van der Waals surface area contributed by atoms with Gasteiger partial charge in [0.05, 0.1) is 6.54 Å². The molecule has 112 valence electrons. The van der Waals surface area contributed by atoms with Gasteiger partial charge in [0.15, 0.2) is 0 Å². The molecule has 5 nitrogen and oxygen atoms in total. The van der Waals surface area contributed by atoms with Crippen molar-refractivity contribution in [2.75, 3.05) is 18.1 Å². The third kappa shape index (κ3) is 2.50. The minimum absolute atomic E-state index is 0.0294. The molecular weight excluding hydrogens is 276 g/mol. The number of nitrogens with zero attached hydrogens (tertiary/aromatic N) is 1. The van der Waals surface area contributed by atoms with Gasteiger partial charge in [0.1, 0.15) is 5.54 Å². The largest absolute Gasteiger partial charge is 0.340 e. The second-order valence-electron chi connectivity index (χ2n) is 6.20. The summed E-state index contributed by atoms with van der Waals surface area (Å²) in [6, 6.07) is 0.102. The molecule has 0 aromatic carbocycles. The zero-order valence-corrected chi connectivity index (χ0v) is 12.5. The summed E-state index contributed by atoms with van der Waals surface area (Å²) in [7, 11) is -0.737. The number of nitrogens with one attached hydrogen (secondary N) is 1. The lowest BCUT2D eigenvalue weighted by molar-refractivity contribution is -0.154. The lowest BCUT2D eigenvalue weighted by Gasteiger charge is -2.47. The number of hydrogen-bond acceptors (Lipinski definition) is 3. The molecule has 0 atom stereocenters. The summed E-state index contributed by atoms with van der Waals surface area (Å²) < 4.78 is 11.5. The zero-order valence-electron chi connectivity index (χ0n) is 11.7. The Morgan fingerprint density at radius 2 is 1.75 bits per heavy atom. The van der Waals surface area contributed by atoms with E-state index in [1.165, 1.54) is 0 Å². The maximum Gasteiger partial charge on any atom is 0.249 e. The molecule has 0 radical (unpaired) electrons. The van der Waals surface area contributed by atoms with E-state index in [0.29, 0.717) is 11.5 Å². The Hall–Kier alpha value is -0.910. The highest BCUT2D eigenvalue weighted by Gasteiger charge is 2.48. The summed E-state index contributed by atoms with van der Waals surface area (Å²) in [4.78, 5) is 26.7. The first-order valence-electron chi connectivity index (χ1n) is 7.58. The standard InChI is InChI=1S/C14H22N2O3S/c17-12-10-16(11-4-8-20(19)9-5-11)13(18)14(15-12)6-2-1-3-7-14/h11H,1-10H2,(H,15,17). The van der Waals surface area contributed by atoms with Crippen molar-refractivity contribution in [2.45, 2.75) is 56.5 Å². The molecule has 1 saturated carbocycles. The van der Waals surface area contributed by atoms with Crippen LogP contribution in [0.25, 0.3) is 0 Å². The third-order valence-electron chi connectivity index (χ3n) is 4.87. The molecule has 0 aromatic heterocycles. The monoisotopic (exact) mass is 298 g/mol. The van der Waals surface area contributed by atoms with Crippen LogP contribution in [0.1, 0.15) is 44.9 Å². The molecule has 0 unspecified atom stereocenters. The molecule has 2 heterocycles. The summed E-state index contributed by atoms with van der Waals surface area (Å²) in [5, 5.41) is 2.97. The summed E-state index contributed by atoms with van der Waals surface area (Å²) >= 11 is 0. The van der Waals surface area contributed by atoms with Crippen molar-refractivity contribution in [3.05, 3.63) is 0 Å². The van der Waals surface area contributed by atoms with Crippen molar-refractivity contribution in [3.8, 4) is 0 Å². The summed E-state index contributed by atoms with van der Waals surface area (Å²) in [6.45, 7) is 0.178. The lowest BCUT2D eigenvalue weighted by Crippen LogP contribution is -2.69. The van der Waals surface area contributed by atoms with Gasteiger partial charge >= 0.3 is 0 Å².